The minimum Gasteiger partial charge on any atom is -0.339 e. The van der Waals surface area contributed by atoms with Crippen molar-refractivity contribution in [2.24, 2.45) is 0 Å². The average molecular weight is 362 g/mol. The number of fused-ring (bicyclic) bond motifs is 1. The number of hydrogen-bond donors (Lipinski definition) is 1. The number of anilines is 1. The first-order valence-electron chi connectivity index (χ1n) is 9.22. The van der Waals surface area contributed by atoms with Crippen molar-refractivity contribution in [3.8, 4) is 0 Å². The van der Waals surface area contributed by atoms with E-state index in [0.717, 1.165) is 23.8 Å². The molecule has 0 radical (unpaired) electrons. The minimum atomic E-state index is 0.00493. The van der Waals surface area contributed by atoms with Gasteiger partial charge in [0.15, 0.2) is 11.0 Å². The Kier molecular flexibility index (Phi) is 6.18. The quantitative estimate of drug-likeness (QED) is 0.830. The Hall–Kier alpha value is -1.76. The van der Waals surface area contributed by atoms with Crippen LogP contribution in [-0.2, 0) is 24.1 Å². The number of aromatic nitrogens is 3. The van der Waals surface area contributed by atoms with Crippen LogP contribution >= 0.6 is 11.3 Å². The van der Waals surface area contributed by atoms with Crippen LogP contribution in [0.15, 0.2) is 4.52 Å². The van der Waals surface area contributed by atoms with E-state index in [0.29, 0.717) is 25.2 Å². The topological polar surface area (TPSA) is 80.9 Å². The zero-order chi connectivity index (χ0) is 17.6. The van der Waals surface area contributed by atoms with Crippen LogP contribution in [0.3, 0.4) is 0 Å². The first kappa shape index (κ1) is 18.0. The monoisotopic (exact) mass is 362 g/mol. The van der Waals surface area contributed by atoms with E-state index >= 15 is 0 Å². The smallest absolute Gasteiger partial charge is 0.226 e. The number of hydrogen-bond acceptors (Lipinski definition) is 6. The van der Waals surface area contributed by atoms with Gasteiger partial charge in [0.05, 0.1) is 5.69 Å². The molecule has 7 heteroatoms. The van der Waals surface area contributed by atoms with Crippen molar-refractivity contribution < 1.29 is 9.32 Å². The van der Waals surface area contributed by atoms with Crippen molar-refractivity contribution >= 4 is 22.4 Å². The van der Waals surface area contributed by atoms with E-state index in [2.05, 4.69) is 20.4 Å². The van der Waals surface area contributed by atoms with Crippen molar-refractivity contribution in [1.29, 1.82) is 0 Å². The van der Waals surface area contributed by atoms with Crippen LogP contribution in [0.25, 0.3) is 0 Å². The molecule has 0 saturated carbocycles. The summed E-state index contributed by atoms with van der Waals surface area (Å²) in [6.45, 7) is 4.05. The third kappa shape index (κ3) is 5.11. The molecule has 25 heavy (non-hydrogen) atoms. The predicted octanol–water partition coefficient (Wildman–Crippen LogP) is 4.27. The van der Waals surface area contributed by atoms with Crippen molar-refractivity contribution in [3.05, 3.63) is 22.3 Å². The largest absolute Gasteiger partial charge is 0.339 e. The van der Waals surface area contributed by atoms with Gasteiger partial charge in [0.25, 0.3) is 0 Å². The summed E-state index contributed by atoms with van der Waals surface area (Å²) in [6.07, 6.45) is 8.90. The second-order valence-electron chi connectivity index (χ2n) is 6.91. The molecule has 0 fully saturated rings. The first-order valence-corrected chi connectivity index (χ1v) is 10.0. The molecule has 0 aliphatic heterocycles. The van der Waals surface area contributed by atoms with Gasteiger partial charge in [-0.05, 0) is 32.1 Å². The average Bonchev–Trinajstić information content (AvgIpc) is 3.15. The maximum atomic E-state index is 12.2. The molecule has 2 aromatic rings. The number of nitrogens with one attached hydrogen (secondary N) is 1. The number of carbonyl (C=O) groups excluding carboxylic acids is 1. The molecule has 2 aromatic heterocycles. The number of nitrogens with zero attached hydrogens (tertiary/aromatic N) is 3. The van der Waals surface area contributed by atoms with E-state index < -0.39 is 0 Å². The van der Waals surface area contributed by atoms with Gasteiger partial charge in [-0.15, -0.1) is 11.3 Å². The summed E-state index contributed by atoms with van der Waals surface area (Å²) in [4.78, 5) is 22.5. The zero-order valence-electron chi connectivity index (χ0n) is 15.0. The number of thiazole rings is 1. The normalized spacial score (nSPS) is 14.8. The summed E-state index contributed by atoms with van der Waals surface area (Å²) in [7, 11) is 0. The number of amides is 1. The van der Waals surface area contributed by atoms with Crippen LogP contribution in [0, 0.1) is 0 Å². The van der Waals surface area contributed by atoms with Crippen LogP contribution in [0.4, 0.5) is 5.13 Å². The summed E-state index contributed by atoms with van der Waals surface area (Å²) in [5.74, 6) is 1.59. The van der Waals surface area contributed by atoms with Crippen LogP contribution in [0.2, 0.25) is 0 Å². The standard InChI is InChI=1S/C18H26N4O2S/c1-12(2)17-21-16(24-22-17)11-7-10-15(23)20-18-19-13-8-5-3-4-6-9-14(13)25-18/h12H,3-11H2,1-2H3,(H,19,20,23). The van der Waals surface area contributed by atoms with Crippen LogP contribution in [-0.4, -0.2) is 21.0 Å². The van der Waals surface area contributed by atoms with Gasteiger partial charge < -0.3 is 9.84 Å². The first-order chi connectivity index (χ1) is 12.1. The highest BCUT2D eigenvalue weighted by atomic mass is 32.1. The highest BCUT2D eigenvalue weighted by Crippen LogP contribution is 2.28. The van der Waals surface area contributed by atoms with Gasteiger partial charge in [-0.1, -0.05) is 31.8 Å². The molecule has 2 heterocycles. The van der Waals surface area contributed by atoms with Gasteiger partial charge in [0.1, 0.15) is 0 Å². The summed E-state index contributed by atoms with van der Waals surface area (Å²) in [6, 6.07) is 0. The van der Waals surface area contributed by atoms with Gasteiger partial charge in [-0.25, -0.2) is 4.98 Å². The van der Waals surface area contributed by atoms with Gasteiger partial charge in [-0.2, -0.15) is 4.98 Å². The lowest BCUT2D eigenvalue weighted by Gasteiger charge is -2.06. The fourth-order valence-corrected chi connectivity index (χ4v) is 4.01. The van der Waals surface area contributed by atoms with Crippen LogP contribution in [0.5, 0.6) is 0 Å². The van der Waals surface area contributed by atoms with Gasteiger partial charge in [-0.3, -0.25) is 4.79 Å². The predicted molar refractivity (Wildman–Crippen MR) is 97.9 cm³/mol. The Morgan fingerprint density at radius 1 is 1.20 bits per heavy atom. The maximum absolute atomic E-state index is 12.2. The van der Waals surface area contributed by atoms with E-state index in [1.807, 2.05) is 13.8 Å². The molecule has 3 rings (SSSR count). The molecule has 0 atom stereocenters. The van der Waals surface area contributed by atoms with Crippen molar-refractivity contribution in [2.45, 2.75) is 77.6 Å². The molecule has 1 aliphatic rings. The fourth-order valence-electron chi connectivity index (χ4n) is 2.95. The second-order valence-corrected chi connectivity index (χ2v) is 7.99. The Morgan fingerprint density at radius 2 is 2.00 bits per heavy atom. The molecule has 136 valence electrons. The summed E-state index contributed by atoms with van der Waals surface area (Å²) >= 11 is 1.64. The van der Waals surface area contributed by atoms with E-state index in [1.165, 1.54) is 36.3 Å². The second kappa shape index (κ2) is 8.56. The third-order valence-electron chi connectivity index (χ3n) is 4.39. The third-order valence-corrected chi connectivity index (χ3v) is 5.46. The molecule has 1 N–H and O–H groups in total. The van der Waals surface area contributed by atoms with Crippen molar-refractivity contribution in [1.82, 2.24) is 15.1 Å². The minimum absolute atomic E-state index is 0.00493. The number of aryl methyl sites for hydroxylation is 3. The van der Waals surface area contributed by atoms with E-state index in [-0.39, 0.29) is 11.8 Å². The zero-order valence-corrected chi connectivity index (χ0v) is 15.8. The van der Waals surface area contributed by atoms with Crippen molar-refractivity contribution in [3.63, 3.8) is 0 Å². The Bertz CT molecular complexity index is 682. The molecule has 1 aliphatic carbocycles. The van der Waals surface area contributed by atoms with Gasteiger partial charge in [0, 0.05) is 23.6 Å². The molecular weight excluding hydrogens is 336 g/mol. The van der Waals surface area contributed by atoms with Crippen molar-refractivity contribution in [2.75, 3.05) is 5.32 Å². The highest BCUT2D eigenvalue weighted by Gasteiger charge is 2.15. The van der Waals surface area contributed by atoms with Crippen LogP contribution < -0.4 is 5.32 Å². The molecule has 1 amide bonds. The SMILES string of the molecule is CC(C)c1noc(CCCC(=O)Nc2nc3c(s2)CCCCCC3)n1. The Morgan fingerprint density at radius 3 is 2.76 bits per heavy atom. The molecule has 0 bridgehead atoms. The molecule has 0 aromatic carbocycles. The highest BCUT2D eigenvalue weighted by molar-refractivity contribution is 7.15. The Balaban J connectivity index is 1.46. The van der Waals surface area contributed by atoms with Gasteiger partial charge >= 0.3 is 0 Å². The number of carbonyl (C=O) groups is 1. The lowest BCUT2D eigenvalue weighted by Crippen LogP contribution is -2.11. The molecule has 0 saturated heterocycles. The number of rotatable bonds is 6. The summed E-state index contributed by atoms with van der Waals surface area (Å²) < 4.78 is 5.20. The van der Waals surface area contributed by atoms with Gasteiger partial charge in [0.2, 0.25) is 11.8 Å². The van der Waals surface area contributed by atoms with E-state index in [1.54, 1.807) is 11.3 Å². The molecule has 0 spiro atoms. The lowest BCUT2D eigenvalue weighted by atomic mass is 10.0. The Labute approximate surface area is 152 Å². The maximum Gasteiger partial charge on any atom is 0.226 e. The summed E-state index contributed by atoms with van der Waals surface area (Å²) in [5, 5.41) is 7.64. The molecule has 0 unspecified atom stereocenters. The summed E-state index contributed by atoms with van der Waals surface area (Å²) in [5.41, 5.74) is 1.19. The van der Waals surface area contributed by atoms with E-state index in [4.69, 9.17) is 4.52 Å². The fraction of sp³-hybridized carbons (Fsp3) is 0.667. The molecular formula is C18H26N4O2S. The molecule has 6 nitrogen and oxygen atoms in total. The lowest BCUT2D eigenvalue weighted by molar-refractivity contribution is -0.116. The van der Waals surface area contributed by atoms with E-state index in [9.17, 15) is 4.79 Å². The van der Waals surface area contributed by atoms with Crippen LogP contribution in [0.1, 0.15) is 80.6 Å².